The third-order valence-electron chi connectivity index (χ3n) is 7.87. The number of piperazine rings is 1. The first-order valence-corrected chi connectivity index (χ1v) is 15.1. The first-order valence-electron chi connectivity index (χ1n) is 13.6. The van der Waals surface area contributed by atoms with Gasteiger partial charge in [0.1, 0.15) is 59.0 Å². The van der Waals surface area contributed by atoms with Crippen molar-refractivity contribution in [2.75, 3.05) is 26.2 Å². The SMILES string of the molecule is O=C1NC([N+]2(Sc3ccccc3[N+](=O)[O-])CCCC(O)C2)C(=O)NC1[N+]1(Sc2ccccc2[N+](=O)[O-])CCCC(O)C1. The van der Waals surface area contributed by atoms with Gasteiger partial charge in [-0.3, -0.25) is 40.5 Å². The van der Waals surface area contributed by atoms with Gasteiger partial charge in [-0.15, -0.1) is 0 Å². The van der Waals surface area contributed by atoms with Crippen LogP contribution < -0.4 is 10.6 Å². The molecule has 4 N–H and O–H groups in total. The first kappa shape index (κ1) is 30.2. The second-order valence-electron chi connectivity index (χ2n) is 10.8. The number of nitrogens with one attached hydrogen (secondary N) is 2. The molecular formula is C26H32N6O8S2+2. The minimum absolute atomic E-state index is 0.0728. The first-order chi connectivity index (χ1) is 20.0. The molecule has 5 rings (SSSR count). The van der Waals surface area contributed by atoms with Crippen molar-refractivity contribution in [3.05, 3.63) is 68.8 Å². The van der Waals surface area contributed by atoms with Crippen LogP contribution in [0.1, 0.15) is 25.7 Å². The van der Waals surface area contributed by atoms with Crippen LogP contribution in [0.4, 0.5) is 11.4 Å². The summed E-state index contributed by atoms with van der Waals surface area (Å²) in [4.78, 5) is 50.9. The van der Waals surface area contributed by atoms with Gasteiger partial charge in [-0.05, 0) is 25.0 Å². The lowest BCUT2D eigenvalue weighted by molar-refractivity contribution is -0.836. The Labute approximate surface area is 249 Å². The van der Waals surface area contributed by atoms with Gasteiger partial charge in [0.15, 0.2) is 0 Å². The number of amides is 2. The Morgan fingerprint density at radius 1 is 0.714 bits per heavy atom. The summed E-state index contributed by atoms with van der Waals surface area (Å²) in [6.45, 7) is 0.869. The summed E-state index contributed by atoms with van der Waals surface area (Å²) in [6, 6.07) is 12.3. The van der Waals surface area contributed by atoms with E-state index < -0.39 is 46.2 Å². The van der Waals surface area contributed by atoms with E-state index in [2.05, 4.69) is 10.6 Å². The third kappa shape index (κ3) is 5.95. The van der Waals surface area contributed by atoms with Crippen molar-refractivity contribution in [2.24, 2.45) is 0 Å². The van der Waals surface area contributed by atoms with E-state index in [9.17, 15) is 40.0 Å². The van der Waals surface area contributed by atoms with E-state index in [0.29, 0.717) is 48.6 Å². The molecule has 0 aromatic heterocycles. The van der Waals surface area contributed by atoms with E-state index in [4.69, 9.17) is 0 Å². The molecule has 3 aliphatic rings. The van der Waals surface area contributed by atoms with E-state index in [1.807, 2.05) is 0 Å². The monoisotopic (exact) mass is 620 g/mol. The average Bonchev–Trinajstić information content (AvgIpc) is 2.94. The van der Waals surface area contributed by atoms with Crippen LogP contribution >= 0.6 is 23.9 Å². The Balaban J connectivity index is 1.48. The van der Waals surface area contributed by atoms with Gasteiger partial charge in [0.2, 0.25) is 0 Å². The van der Waals surface area contributed by atoms with Crippen molar-refractivity contribution < 1.29 is 37.4 Å². The van der Waals surface area contributed by atoms with Crippen molar-refractivity contribution in [2.45, 2.75) is 60.0 Å². The van der Waals surface area contributed by atoms with E-state index in [1.54, 1.807) is 36.4 Å². The van der Waals surface area contributed by atoms with Gasteiger partial charge >= 0.3 is 11.8 Å². The molecule has 0 spiro atoms. The van der Waals surface area contributed by atoms with Gasteiger partial charge in [0.05, 0.1) is 22.9 Å². The molecule has 0 saturated carbocycles. The summed E-state index contributed by atoms with van der Waals surface area (Å²) < 4.78 is -0.369. The van der Waals surface area contributed by atoms with Crippen molar-refractivity contribution in [1.29, 1.82) is 0 Å². The fraction of sp³-hybridized carbons (Fsp3) is 0.462. The average molecular weight is 621 g/mol. The van der Waals surface area contributed by atoms with Crippen LogP contribution in [0, 0.1) is 20.2 Å². The molecule has 2 amide bonds. The number of nitro groups is 2. The molecule has 2 aromatic carbocycles. The lowest BCUT2D eigenvalue weighted by Gasteiger charge is -2.50. The van der Waals surface area contributed by atoms with Gasteiger partial charge in [-0.1, -0.05) is 24.3 Å². The molecule has 3 heterocycles. The minimum Gasteiger partial charge on any atom is -0.387 e. The van der Waals surface area contributed by atoms with E-state index in [-0.39, 0.29) is 32.2 Å². The van der Waals surface area contributed by atoms with E-state index in [0.717, 1.165) is 23.9 Å². The van der Waals surface area contributed by atoms with Gasteiger partial charge in [-0.2, -0.15) is 0 Å². The number of carbonyl (C=O) groups excluding carboxylic acids is 2. The lowest BCUT2D eigenvalue weighted by Crippen LogP contribution is -2.78. The van der Waals surface area contributed by atoms with Crippen LogP contribution in [-0.4, -0.2) is 90.4 Å². The number of likely N-dealkylation sites (tertiary alicyclic amines) is 2. The maximum atomic E-state index is 13.9. The number of aliphatic hydroxyl groups is 2. The highest BCUT2D eigenvalue weighted by Gasteiger charge is 2.58. The van der Waals surface area contributed by atoms with Crippen LogP contribution in [-0.2, 0) is 9.59 Å². The molecule has 3 saturated heterocycles. The molecule has 3 aliphatic heterocycles. The summed E-state index contributed by atoms with van der Waals surface area (Å²) in [5.74, 6) is -1.08. The topological polar surface area (TPSA) is 185 Å². The van der Waals surface area contributed by atoms with Crippen LogP contribution in [0.25, 0.3) is 0 Å². The predicted molar refractivity (Wildman–Crippen MR) is 152 cm³/mol. The summed E-state index contributed by atoms with van der Waals surface area (Å²) in [5.41, 5.74) is -0.290. The van der Waals surface area contributed by atoms with E-state index >= 15 is 0 Å². The fourth-order valence-electron chi connectivity index (χ4n) is 5.99. The highest BCUT2D eigenvalue weighted by molar-refractivity contribution is 7.94. The number of benzene rings is 2. The molecule has 16 heteroatoms. The molecule has 0 bridgehead atoms. The van der Waals surface area contributed by atoms with Gasteiger partial charge in [0, 0.05) is 25.0 Å². The predicted octanol–water partition coefficient (Wildman–Crippen LogP) is 2.06. The second-order valence-corrected chi connectivity index (χ2v) is 13.5. The number of para-hydroxylation sites is 2. The standard InChI is InChI=1S/C26H30N6O8S2/c33-17-7-5-13-31(15-17,41-21-11-3-1-9-19(21)29(37)38)23-25(35)28-24(26(36)27-23)32(14-6-8-18(34)16-32)42-22-12-4-2-10-20(22)30(39)40/h1-4,9-12,17-18,23-24,33-34H,5-8,13-16H2/p+2. The largest absolute Gasteiger partial charge is 0.387 e. The number of nitro benzene ring substituents is 2. The molecule has 224 valence electrons. The molecule has 3 fully saturated rings. The summed E-state index contributed by atoms with van der Waals surface area (Å²) >= 11 is 2.12. The zero-order chi connectivity index (χ0) is 30.1. The third-order valence-corrected chi connectivity index (χ3v) is 10.8. The number of hydrogen-bond acceptors (Lipinski definition) is 10. The normalized spacial score (nSPS) is 31.6. The fourth-order valence-corrected chi connectivity index (χ4v) is 8.97. The number of nitrogens with zero attached hydrogens (tertiary/aromatic N) is 4. The Hall–Kier alpha value is -3.28. The maximum Gasteiger partial charge on any atom is 0.306 e. The van der Waals surface area contributed by atoms with Crippen molar-refractivity contribution in [1.82, 2.24) is 10.6 Å². The van der Waals surface area contributed by atoms with E-state index in [1.165, 1.54) is 12.1 Å². The van der Waals surface area contributed by atoms with Crippen molar-refractivity contribution >= 4 is 47.1 Å². The number of piperidine rings is 2. The molecule has 6 atom stereocenters. The molecule has 6 unspecified atom stereocenters. The molecule has 42 heavy (non-hydrogen) atoms. The number of carbonyl (C=O) groups is 2. The van der Waals surface area contributed by atoms with Crippen LogP contribution in [0.15, 0.2) is 58.3 Å². The van der Waals surface area contributed by atoms with Gasteiger partial charge in [-0.25, -0.2) is 7.78 Å². The second kappa shape index (κ2) is 12.1. The van der Waals surface area contributed by atoms with Crippen molar-refractivity contribution in [3.8, 4) is 0 Å². The summed E-state index contributed by atoms with van der Waals surface area (Å²) in [5, 5.41) is 50.5. The Morgan fingerprint density at radius 3 is 1.45 bits per heavy atom. The van der Waals surface area contributed by atoms with Gasteiger partial charge in [0.25, 0.3) is 23.7 Å². The highest BCUT2D eigenvalue weighted by Crippen LogP contribution is 2.44. The Bertz CT molecular complexity index is 1300. The minimum atomic E-state index is -1.17. The zero-order valence-electron chi connectivity index (χ0n) is 22.5. The summed E-state index contributed by atoms with van der Waals surface area (Å²) in [7, 11) is 0. The van der Waals surface area contributed by atoms with Crippen LogP contribution in [0.5, 0.6) is 0 Å². The zero-order valence-corrected chi connectivity index (χ0v) is 24.2. The highest BCUT2D eigenvalue weighted by atomic mass is 32.2. The number of aliphatic hydroxyl groups excluding tert-OH is 2. The number of hydrogen-bond donors (Lipinski definition) is 4. The molecular weight excluding hydrogens is 588 g/mol. The van der Waals surface area contributed by atoms with Crippen molar-refractivity contribution in [3.63, 3.8) is 0 Å². The number of quaternary nitrogens is 2. The molecule has 0 aliphatic carbocycles. The molecule has 14 nitrogen and oxygen atoms in total. The smallest absolute Gasteiger partial charge is 0.306 e. The van der Waals surface area contributed by atoms with Crippen LogP contribution in [0.2, 0.25) is 0 Å². The Kier molecular flexibility index (Phi) is 8.73. The molecule has 0 radical (unpaired) electrons. The lowest BCUT2D eigenvalue weighted by atomic mass is 10.1. The molecule has 2 aromatic rings. The summed E-state index contributed by atoms with van der Waals surface area (Å²) in [6.07, 6.45) is -1.88. The quantitative estimate of drug-likeness (QED) is 0.147. The Morgan fingerprint density at radius 2 is 1.10 bits per heavy atom. The van der Waals surface area contributed by atoms with Gasteiger partial charge < -0.3 is 10.2 Å². The van der Waals surface area contributed by atoms with Crippen LogP contribution in [0.3, 0.4) is 0 Å². The number of rotatable bonds is 8. The maximum absolute atomic E-state index is 13.9.